The number of para-hydroxylation sites is 1. The minimum atomic E-state index is -0.382. The summed E-state index contributed by atoms with van der Waals surface area (Å²) in [5.74, 6) is 1.05. The molecule has 3 atom stereocenters. The Hall–Kier alpha value is -2.12. The van der Waals surface area contributed by atoms with Crippen molar-refractivity contribution in [1.29, 1.82) is 0 Å². The number of nitrogens with one attached hydrogen (secondary N) is 3. The van der Waals surface area contributed by atoms with Gasteiger partial charge >= 0.3 is 5.91 Å². The molecule has 0 bridgehead atoms. The van der Waals surface area contributed by atoms with Gasteiger partial charge in [0.05, 0.1) is 6.61 Å². The lowest BCUT2D eigenvalue weighted by atomic mass is 9.78. The van der Waals surface area contributed by atoms with Crippen LogP contribution in [0.5, 0.6) is 0 Å². The number of methoxy groups -OCH3 is 1. The highest BCUT2D eigenvalue weighted by Gasteiger charge is 2.27. The number of amides is 1. The molecule has 1 aliphatic carbocycles. The lowest BCUT2D eigenvalue weighted by Gasteiger charge is -2.35. The number of ether oxygens (including phenoxy) is 1. The number of hydrogen-bond donors (Lipinski definition) is 3. The van der Waals surface area contributed by atoms with Gasteiger partial charge in [0.25, 0.3) is 0 Å². The van der Waals surface area contributed by atoms with Crippen LogP contribution in [-0.2, 0) is 11.3 Å². The number of hydrogen-bond acceptors (Lipinski definition) is 4. The highest BCUT2D eigenvalue weighted by Crippen LogP contribution is 2.29. The van der Waals surface area contributed by atoms with E-state index in [0.717, 1.165) is 17.4 Å². The molecule has 6 nitrogen and oxygen atoms in total. The standard InChI is InChI=1S/C20H27N3O3S/c1-12-7-6-9-16(13(12)2)21-20(27)23-22-19(24)18-15(11-25-3)14-8-4-5-10-17(14)26-18/h4-5,8,10,12-13,16H,6-7,9,11H2,1-3H3,(H,22,24)(H2,21,23,27)/t12-,13-,16-/m1/s1. The summed E-state index contributed by atoms with van der Waals surface area (Å²) in [4.78, 5) is 12.6. The zero-order valence-electron chi connectivity index (χ0n) is 16.0. The Kier molecular flexibility index (Phi) is 6.34. The summed E-state index contributed by atoms with van der Waals surface area (Å²) in [6.45, 7) is 4.81. The quantitative estimate of drug-likeness (QED) is 0.549. The van der Waals surface area contributed by atoms with Crippen molar-refractivity contribution >= 4 is 34.2 Å². The normalized spacial score (nSPS) is 22.4. The Morgan fingerprint density at radius 2 is 2.04 bits per heavy atom. The maximum absolute atomic E-state index is 12.6. The number of hydrazine groups is 1. The van der Waals surface area contributed by atoms with Crippen LogP contribution in [0.2, 0.25) is 0 Å². The summed E-state index contributed by atoms with van der Waals surface area (Å²) in [6.07, 6.45) is 3.53. The molecule has 2 aromatic rings. The average Bonchev–Trinajstić information content (AvgIpc) is 3.03. The van der Waals surface area contributed by atoms with E-state index < -0.39 is 0 Å². The SMILES string of the molecule is COCc1c(C(=O)NNC(=S)N[C@@H]2CCC[C@@H](C)[C@H]2C)oc2ccccc12. The van der Waals surface area contributed by atoms with Crippen LogP contribution in [0.3, 0.4) is 0 Å². The Bertz CT molecular complexity index is 820. The van der Waals surface area contributed by atoms with E-state index in [1.165, 1.54) is 12.8 Å². The average molecular weight is 390 g/mol. The van der Waals surface area contributed by atoms with Crippen LogP contribution in [0, 0.1) is 11.8 Å². The molecule has 3 rings (SSSR count). The fourth-order valence-electron chi connectivity index (χ4n) is 3.73. The van der Waals surface area contributed by atoms with Gasteiger partial charge in [-0.25, -0.2) is 0 Å². The Balaban J connectivity index is 1.63. The second-order valence-corrected chi connectivity index (χ2v) is 7.67. The Morgan fingerprint density at radius 3 is 2.81 bits per heavy atom. The van der Waals surface area contributed by atoms with Gasteiger partial charge in [-0.3, -0.25) is 15.6 Å². The Labute approximate surface area is 165 Å². The fraction of sp³-hybridized carbons (Fsp3) is 0.500. The van der Waals surface area contributed by atoms with Crippen LogP contribution < -0.4 is 16.2 Å². The molecule has 1 saturated carbocycles. The van der Waals surface area contributed by atoms with Gasteiger partial charge < -0.3 is 14.5 Å². The van der Waals surface area contributed by atoms with Gasteiger partial charge in [0, 0.05) is 24.1 Å². The van der Waals surface area contributed by atoms with Gasteiger partial charge in [0.15, 0.2) is 10.9 Å². The minimum absolute atomic E-state index is 0.230. The number of furan rings is 1. The van der Waals surface area contributed by atoms with Gasteiger partial charge in [0.2, 0.25) is 0 Å². The summed E-state index contributed by atoms with van der Waals surface area (Å²) in [5.41, 5.74) is 6.81. The summed E-state index contributed by atoms with van der Waals surface area (Å²) >= 11 is 5.35. The monoisotopic (exact) mass is 389 g/mol. The molecule has 146 valence electrons. The number of benzene rings is 1. The lowest BCUT2D eigenvalue weighted by molar-refractivity contribution is 0.0911. The van der Waals surface area contributed by atoms with Gasteiger partial charge in [0.1, 0.15) is 5.58 Å². The van der Waals surface area contributed by atoms with E-state index in [1.54, 1.807) is 7.11 Å². The highest BCUT2D eigenvalue weighted by atomic mass is 32.1. The molecule has 0 aliphatic heterocycles. The predicted octanol–water partition coefficient (Wildman–Crippen LogP) is 3.51. The van der Waals surface area contributed by atoms with Crippen molar-refractivity contribution in [1.82, 2.24) is 16.2 Å². The fourth-order valence-corrected chi connectivity index (χ4v) is 3.93. The topological polar surface area (TPSA) is 75.5 Å². The molecule has 0 radical (unpaired) electrons. The molecule has 0 spiro atoms. The maximum Gasteiger partial charge on any atom is 0.305 e. The van der Waals surface area contributed by atoms with Crippen LogP contribution in [0.4, 0.5) is 0 Å². The molecule has 1 aromatic heterocycles. The molecule has 0 unspecified atom stereocenters. The van der Waals surface area contributed by atoms with Crippen LogP contribution in [0.1, 0.15) is 49.2 Å². The molecule has 1 heterocycles. The molecule has 1 fully saturated rings. The lowest BCUT2D eigenvalue weighted by Crippen LogP contribution is -2.52. The molecule has 1 aliphatic rings. The smallest absolute Gasteiger partial charge is 0.305 e. The number of carbonyl (C=O) groups excluding carboxylic acids is 1. The summed E-state index contributed by atoms with van der Waals surface area (Å²) < 4.78 is 11.0. The third kappa shape index (κ3) is 4.42. The summed E-state index contributed by atoms with van der Waals surface area (Å²) in [7, 11) is 1.59. The summed E-state index contributed by atoms with van der Waals surface area (Å²) in [6, 6.07) is 7.84. The third-order valence-electron chi connectivity index (χ3n) is 5.51. The number of thiocarbonyl (C=S) groups is 1. The minimum Gasteiger partial charge on any atom is -0.450 e. The van der Waals surface area contributed by atoms with Crippen molar-refractivity contribution in [3.05, 3.63) is 35.6 Å². The van der Waals surface area contributed by atoms with E-state index in [4.69, 9.17) is 21.4 Å². The summed E-state index contributed by atoms with van der Waals surface area (Å²) in [5, 5.41) is 4.61. The van der Waals surface area contributed by atoms with E-state index in [1.807, 2.05) is 24.3 Å². The van der Waals surface area contributed by atoms with Gasteiger partial charge in [-0.1, -0.05) is 44.9 Å². The molecule has 7 heteroatoms. The zero-order valence-corrected chi connectivity index (χ0v) is 16.8. The predicted molar refractivity (Wildman–Crippen MR) is 109 cm³/mol. The van der Waals surface area contributed by atoms with E-state index in [2.05, 4.69) is 30.0 Å². The molecular formula is C20H27N3O3S. The van der Waals surface area contributed by atoms with E-state index in [0.29, 0.717) is 35.2 Å². The van der Waals surface area contributed by atoms with Crippen molar-refractivity contribution < 1.29 is 13.9 Å². The molecule has 0 saturated heterocycles. The molecule has 3 N–H and O–H groups in total. The second kappa shape index (κ2) is 8.71. The van der Waals surface area contributed by atoms with Crippen LogP contribution in [-0.4, -0.2) is 24.2 Å². The first-order chi connectivity index (χ1) is 13.0. The first-order valence-electron chi connectivity index (χ1n) is 9.37. The molecule has 1 amide bonds. The van der Waals surface area contributed by atoms with Crippen LogP contribution >= 0.6 is 12.2 Å². The zero-order chi connectivity index (χ0) is 19.4. The van der Waals surface area contributed by atoms with Gasteiger partial charge in [-0.15, -0.1) is 0 Å². The number of carbonyl (C=O) groups is 1. The first kappa shape index (κ1) is 19.6. The van der Waals surface area contributed by atoms with E-state index in [-0.39, 0.29) is 11.7 Å². The van der Waals surface area contributed by atoms with Crippen molar-refractivity contribution in [3.63, 3.8) is 0 Å². The molecule has 1 aromatic carbocycles. The van der Waals surface area contributed by atoms with Gasteiger partial charge in [-0.05, 0) is 36.5 Å². The highest BCUT2D eigenvalue weighted by molar-refractivity contribution is 7.80. The molecular weight excluding hydrogens is 362 g/mol. The first-order valence-corrected chi connectivity index (χ1v) is 9.78. The Morgan fingerprint density at radius 1 is 1.26 bits per heavy atom. The maximum atomic E-state index is 12.6. The van der Waals surface area contributed by atoms with Crippen molar-refractivity contribution in [2.45, 2.75) is 45.8 Å². The van der Waals surface area contributed by atoms with Crippen LogP contribution in [0.25, 0.3) is 11.0 Å². The molecule has 27 heavy (non-hydrogen) atoms. The van der Waals surface area contributed by atoms with Crippen molar-refractivity contribution in [2.75, 3.05) is 7.11 Å². The number of rotatable bonds is 4. The van der Waals surface area contributed by atoms with E-state index >= 15 is 0 Å². The van der Waals surface area contributed by atoms with E-state index in [9.17, 15) is 4.79 Å². The second-order valence-electron chi connectivity index (χ2n) is 7.27. The largest absolute Gasteiger partial charge is 0.450 e. The van der Waals surface area contributed by atoms with Gasteiger partial charge in [-0.2, -0.15) is 0 Å². The van der Waals surface area contributed by atoms with Crippen LogP contribution in [0.15, 0.2) is 28.7 Å². The third-order valence-corrected chi connectivity index (χ3v) is 5.73. The van der Waals surface area contributed by atoms with Crippen molar-refractivity contribution in [3.8, 4) is 0 Å². The number of fused-ring (bicyclic) bond motifs is 1. The van der Waals surface area contributed by atoms with Crippen molar-refractivity contribution in [2.24, 2.45) is 11.8 Å².